The van der Waals surface area contributed by atoms with Crippen LogP contribution in [-0.4, -0.2) is 60.0 Å². The molecule has 0 heterocycles. The van der Waals surface area contributed by atoms with Crippen molar-refractivity contribution in [1.82, 2.24) is 15.5 Å². The van der Waals surface area contributed by atoms with Crippen molar-refractivity contribution in [1.29, 1.82) is 0 Å². The van der Waals surface area contributed by atoms with E-state index in [2.05, 4.69) is 10.6 Å². The number of carboxylic acid groups (broad SMARTS) is 1. The van der Waals surface area contributed by atoms with Gasteiger partial charge < -0.3 is 25.4 Å². The van der Waals surface area contributed by atoms with E-state index in [-0.39, 0.29) is 23.3 Å². The third-order valence-corrected chi connectivity index (χ3v) is 7.75. The second-order valence-corrected chi connectivity index (χ2v) is 12.9. The predicted molar refractivity (Wildman–Crippen MR) is 167 cm³/mol. The maximum Gasteiger partial charge on any atom is 0.331 e. The fourth-order valence-electron chi connectivity index (χ4n) is 5.01. The van der Waals surface area contributed by atoms with Crippen molar-refractivity contribution in [2.24, 2.45) is 11.3 Å². The van der Waals surface area contributed by atoms with Gasteiger partial charge in [0.05, 0.1) is 12.1 Å². The molecule has 0 fully saturated rings. The van der Waals surface area contributed by atoms with Crippen molar-refractivity contribution in [3.8, 4) is 5.75 Å². The first-order chi connectivity index (χ1) is 19.5. The Labute approximate surface area is 251 Å². The van der Waals surface area contributed by atoms with Gasteiger partial charge in [-0.15, -0.1) is 0 Å². The summed E-state index contributed by atoms with van der Waals surface area (Å²) in [6, 6.07) is 15.7. The lowest BCUT2D eigenvalue weighted by molar-refractivity contribution is -0.141. The predicted octanol–water partition coefficient (Wildman–Crippen LogP) is 5.18. The molecule has 0 aromatic heterocycles. The van der Waals surface area contributed by atoms with Gasteiger partial charge in [-0.05, 0) is 48.6 Å². The van der Waals surface area contributed by atoms with Crippen molar-refractivity contribution in [3.63, 3.8) is 0 Å². The molecule has 0 aliphatic rings. The van der Waals surface area contributed by atoms with Crippen LogP contribution in [0.4, 0.5) is 0 Å². The Morgan fingerprint density at radius 1 is 0.952 bits per heavy atom. The van der Waals surface area contributed by atoms with Gasteiger partial charge in [-0.25, -0.2) is 4.79 Å². The number of rotatable bonds is 13. The fourth-order valence-corrected chi connectivity index (χ4v) is 5.01. The van der Waals surface area contributed by atoms with Crippen molar-refractivity contribution in [2.75, 3.05) is 14.1 Å². The van der Waals surface area contributed by atoms with E-state index < -0.39 is 34.9 Å². The highest BCUT2D eigenvalue weighted by Gasteiger charge is 2.41. The van der Waals surface area contributed by atoms with Gasteiger partial charge in [-0.3, -0.25) is 9.59 Å². The largest absolute Gasteiger partial charge is 0.489 e. The van der Waals surface area contributed by atoms with Crippen LogP contribution in [0.2, 0.25) is 0 Å². The summed E-state index contributed by atoms with van der Waals surface area (Å²) >= 11 is 0. The van der Waals surface area contributed by atoms with E-state index in [9.17, 15) is 19.5 Å². The van der Waals surface area contributed by atoms with Crippen LogP contribution in [0.5, 0.6) is 5.75 Å². The summed E-state index contributed by atoms with van der Waals surface area (Å²) < 4.78 is 5.93. The zero-order valence-corrected chi connectivity index (χ0v) is 26.8. The minimum absolute atomic E-state index is 0.0341. The summed E-state index contributed by atoms with van der Waals surface area (Å²) in [5.41, 5.74) is 0.951. The van der Waals surface area contributed by atoms with Crippen molar-refractivity contribution in [2.45, 2.75) is 85.5 Å². The third kappa shape index (κ3) is 8.92. The Balaban J connectivity index is 2.26. The summed E-state index contributed by atoms with van der Waals surface area (Å²) in [6.07, 6.45) is 1.60. The lowest BCUT2D eigenvalue weighted by Crippen LogP contribution is -2.61. The van der Waals surface area contributed by atoms with Crippen molar-refractivity contribution >= 4 is 17.8 Å². The molecule has 0 aliphatic carbocycles. The maximum absolute atomic E-state index is 13.9. The second kappa shape index (κ2) is 14.5. The Bertz CT molecular complexity index is 1230. The molecule has 8 nitrogen and oxygen atoms in total. The normalized spacial score (nSPS) is 14.6. The molecule has 230 valence electrons. The van der Waals surface area contributed by atoms with Crippen molar-refractivity contribution in [3.05, 3.63) is 77.4 Å². The zero-order valence-electron chi connectivity index (χ0n) is 26.8. The molecule has 8 heteroatoms. The Morgan fingerprint density at radius 3 is 2.00 bits per heavy atom. The Hall–Kier alpha value is -3.65. The van der Waals surface area contributed by atoms with Crippen LogP contribution in [0.3, 0.4) is 0 Å². The van der Waals surface area contributed by atoms with Crippen LogP contribution < -0.4 is 15.4 Å². The van der Waals surface area contributed by atoms with E-state index in [1.54, 1.807) is 25.1 Å². The minimum Gasteiger partial charge on any atom is -0.489 e. The van der Waals surface area contributed by atoms with Crippen LogP contribution in [0.25, 0.3) is 0 Å². The third-order valence-electron chi connectivity index (χ3n) is 7.75. The monoisotopic (exact) mass is 579 g/mol. The van der Waals surface area contributed by atoms with Crippen LogP contribution in [-0.2, 0) is 26.4 Å². The standard InChI is InChI=1S/C34H49N3O5/c1-22(2)27(20-23(3)32(40)41)37(10)31(39)29(33(4,5)6)36-30(38)28(35-9)34(7,8)25-16-18-26(19-17-25)42-21-24-14-12-11-13-15-24/h11-20,22,27-29,35H,21H2,1-10H3,(H,36,38)(H,40,41)/b23-20+/t27-,28-,29-/m1/s1. The molecule has 0 aliphatic heterocycles. The van der Waals surface area contributed by atoms with Crippen molar-refractivity contribution < 1.29 is 24.2 Å². The zero-order chi connectivity index (χ0) is 31.8. The number of carbonyl (C=O) groups excluding carboxylic acids is 2. The van der Waals surface area contributed by atoms with Gasteiger partial charge in [0.25, 0.3) is 0 Å². The van der Waals surface area contributed by atoms with E-state index in [1.807, 2.05) is 103 Å². The van der Waals surface area contributed by atoms with Gasteiger partial charge in [0, 0.05) is 18.0 Å². The Morgan fingerprint density at radius 2 is 1.52 bits per heavy atom. The first-order valence-corrected chi connectivity index (χ1v) is 14.4. The molecule has 0 bridgehead atoms. The molecule has 0 radical (unpaired) electrons. The number of nitrogens with zero attached hydrogens (tertiary/aromatic N) is 1. The van der Waals surface area contributed by atoms with Crippen LogP contribution in [0.15, 0.2) is 66.2 Å². The number of aliphatic carboxylic acids is 1. The number of amides is 2. The second-order valence-electron chi connectivity index (χ2n) is 12.9. The van der Waals surface area contributed by atoms with Gasteiger partial charge >= 0.3 is 5.97 Å². The number of likely N-dealkylation sites (N-methyl/N-ethyl adjacent to an activating group) is 2. The summed E-state index contributed by atoms with van der Waals surface area (Å²) in [5.74, 6) is -0.911. The topological polar surface area (TPSA) is 108 Å². The number of nitrogens with one attached hydrogen (secondary N) is 2. The lowest BCUT2D eigenvalue weighted by atomic mass is 9.76. The number of hydrogen-bond donors (Lipinski definition) is 3. The van der Waals surface area contributed by atoms with Gasteiger partial charge in [0.15, 0.2) is 0 Å². The molecule has 0 saturated carbocycles. The smallest absolute Gasteiger partial charge is 0.331 e. The molecule has 2 aromatic carbocycles. The summed E-state index contributed by atoms with van der Waals surface area (Å²) in [7, 11) is 3.39. The number of benzene rings is 2. The van der Waals surface area contributed by atoms with Gasteiger partial charge in [0.2, 0.25) is 11.8 Å². The van der Waals surface area contributed by atoms with Crippen LogP contribution >= 0.6 is 0 Å². The lowest BCUT2D eigenvalue weighted by Gasteiger charge is -2.40. The highest BCUT2D eigenvalue weighted by Crippen LogP contribution is 2.30. The number of ether oxygens (including phenoxy) is 1. The molecule has 3 N–H and O–H groups in total. The van der Waals surface area contributed by atoms with E-state index in [4.69, 9.17) is 4.74 Å². The van der Waals surface area contributed by atoms with E-state index in [1.165, 1.54) is 6.92 Å². The molecular weight excluding hydrogens is 530 g/mol. The fraction of sp³-hybridized carbons (Fsp3) is 0.500. The summed E-state index contributed by atoms with van der Waals surface area (Å²) in [6.45, 7) is 15.5. The van der Waals surface area contributed by atoms with Gasteiger partial charge in [-0.2, -0.15) is 0 Å². The van der Waals surface area contributed by atoms with Crippen LogP contribution in [0.1, 0.15) is 66.5 Å². The van der Waals surface area contributed by atoms with Gasteiger partial charge in [-0.1, -0.05) is 97.0 Å². The molecule has 3 atom stereocenters. The van der Waals surface area contributed by atoms with E-state index >= 15 is 0 Å². The molecule has 2 aromatic rings. The highest BCUT2D eigenvalue weighted by atomic mass is 16.5. The quantitative estimate of drug-likeness (QED) is 0.283. The average Bonchev–Trinajstić information content (AvgIpc) is 2.92. The molecule has 42 heavy (non-hydrogen) atoms. The maximum atomic E-state index is 13.9. The van der Waals surface area contributed by atoms with E-state index in [0.717, 1.165) is 16.9 Å². The van der Waals surface area contributed by atoms with Gasteiger partial charge in [0.1, 0.15) is 18.4 Å². The van der Waals surface area contributed by atoms with E-state index in [0.29, 0.717) is 6.61 Å². The first kappa shape index (κ1) is 34.6. The number of carbonyl (C=O) groups is 3. The minimum atomic E-state index is -1.03. The summed E-state index contributed by atoms with van der Waals surface area (Å²) in [4.78, 5) is 40.7. The molecule has 2 rings (SSSR count). The highest BCUT2D eigenvalue weighted by molar-refractivity contribution is 5.91. The molecule has 0 saturated heterocycles. The SMILES string of the molecule is CN[C@H](C(=O)N[C@H](C(=O)N(C)[C@H](/C=C(\C)C(=O)O)C(C)C)C(C)(C)C)C(C)(C)c1ccc(OCc2ccccc2)cc1. The average molecular weight is 580 g/mol. The summed E-state index contributed by atoms with van der Waals surface area (Å²) in [5, 5.41) is 15.6. The molecule has 0 spiro atoms. The van der Waals surface area contributed by atoms with Crippen LogP contribution in [0, 0.1) is 11.3 Å². The molecular formula is C34H49N3O5. The molecule has 2 amide bonds. The Kier molecular flexibility index (Phi) is 11.9. The molecule has 0 unspecified atom stereocenters. The number of hydrogen-bond acceptors (Lipinski definition) is 5. The number of carboxylic acids is 1. The first-order valence-electron chi connectivity index (χ1n) is 14.4.